The average molecular weight is 470 g/mol. The number of hydrogen-bond donors (Lipinski definition) is 1. The second-order valence-electron chi connectivity index (χ2n) is 8.19. The van der Waals surface area contributed by atoms with Crippen molar-refractivity contribution >= 4 is 35.2 Å². The molecule has 1 N–H and O–H groups in total. The second kappa shape index (κ2) is 9.23. The zero-order valence-corrected chi connectivity index (χ0v) is 19.6. The van der Waals surface area contributed by atoms with Crippen LogP contribution in [0.25, 0.3) is 6.08 Å². The number of thioether (sulfide) groups is 1. The summed E-state index contributed by atoms with van der Waals surface area (Å²) in [6.45, 7) is 1.93. The number of furan rings is 1. The standard InChI is InChI=1S/C28H23NO4S/c1-17-14-22-26(27(30)23(34-22)16-21-12-7-13-33-21)25(18-8-6-11-20(15-18)32-2)24(17)28(31)29-19-9-4-3-5-10-19/h3-16,25-26H,1-2H3,(H,29,31)/b23-16-. The first kappa shape index (κ1) is 22.0. The fraction of sp³-hybridized carbons (Fsp3) is 0.143. The molecule has 2 atom stereocenters. The number of para-hydroxylation sites is 1. The first-order chi connectivity index (χ1) is 16.5. The van der Waals surface area contributed by atoms with E-state index in [0.717, 1.165) is 16.0 Å². The van der Waals surface area contributed by atoms with Crippen LogP contribution in [-0.4, -0.2) is 18.8 Å². The van der Waals surface area contributed by atoms with E-state index in [1.807, 2.05) is 73.7 Å². The quantitative estimate of drug-likeness (QED) is 0.451. The van der Waals surface area contributed by atoms with E-state index in [1.165, 1.54) is 11.8 Å². The van der Waals surface area contributed by atoms with E-state index in [-0.39, 0.29) is 11.7 Å². The molecule has 5 nitrogen and oxygen atoms in total. The van der Waals surface area contributed by atoms with Crippen molar-refractivity contribution in [3.8, 4) is 5.75 Å². The lowest BCUT2D eigenvalue weighted by Crippen LogP contribution is -2.30. The number of ether oxygens (including phenoxy) is 1. The molecule has 1 aliphatic heterocycles. The minimum absolute atomic E-state index is 0.0158. The van der Waals surface area contributed by atoms with Crippen LogP contribution in [-0.2, 0) is 9.59 Å². The van der Waals surface area contributed by atoms with Crippen molar-refractivity contribution in [2.45, 2.75) is 12.8 Å². The number of nitrogens with one attached hydrogen (secondary N) is 1. The molecule has 0 saturated carbocycles. The van der Waals surface area contributed by atoms with Crippen molar-refractivity contribution in [2.24, 2.45) is 5.92 Å². The summed E-state index contributed by atoms with van der Waals surface area (Å²) in [7, 11) is 1.61. The number of allylic oxidation sites excluding steroid dienone is 4. The Hall–Kier alpha value is -3.77. The summed E-state index contributed by atoms with van der Waals surface area (Å²) in [4.78, 5) is 28.8. The SMILES string of the molecule is COc1cccc(C2C(C(=O)Nc3ccccc3)=C(C)C=C3S/C(=C\c4ccco4)C(=O)C32)c1. The molecule has 2 unspecified atom stereocenters. The molecule has 0 spiro atoms. The number of anilines is 1. The molecular weight excluding hydrogens is 446 g/mol. The molecule has 1 fully saturated rings. The lowest BCUT2D eigenvalue weighted by molar-refractivity contribution is -0.117. The van der Waals surface area contributed by atoms with Gasteiger partial charge in [0.25, 0.3) is 5.91 Å². The van der Waals surface area contributed by atoms with Crippen LogP contribution < -0.4 is 10.1 Å². The minimum atomic E-state index is -0.487. The topological polar surface area (TPSA) is 68.5 Å². The summed E-state index contributed by atoms with van der Waals surface area (Å²) in [5, 5.41) is 3.01. The van der Waals surface area contributed by atoms with Gasteiger partial charge in [-0.05, 0) is 66.6 Å². The molecule has 5 rings (SSSR count). The Kier molecular flexibility index (Phi) is 5.99. The Balaban J connectivity index is 1.59. The lowest BCUT2D eigenvalue weighted by Gasteiger charge is -2.30. The largest absolute Gasteiger partial charge is 0.497 e. The smallest absolute Gasteiger partial charge is 0.252 e. The van der Waals surface area contributed by atoms with Gasteiger partial charge in [-0.1, -0.05) is 42.1 Å². The third-order valence-electron chi connectivity index (χ3n) is 6.03. The van der Waals surface area contributed by atoms with Crippen LogP contribution in [0.1, 0.15) is 24.2 Å². The predicted molar refractivity (Wildman–Crippen MR) is 134 cm³/mol. The number of Topliss-reactive ketones (excluding diaryl/α,β-unsaturated/α-hetero) is 1. The Bertz CT molecular complexity index is 1340. The monoisotopic (exact) mass is 469 g/mol. The fourth-order valence-electron chi connectivity index (χ4n) is 4.50. The molecule has 6 heteroatoms. The molecule has 1 saturated heterocycles. The first-order valence-electron chi connectivity index (χ1n) is 10.9. The van der Waals surface area contributed by atoms with Gasteiger partial charge in [0.2, 0.25) is 0 Å². The maximum atomic E-state index is 13.7. The number of methoxy groups -OCH3 is 1. The molecule has 2 aliphatic rings. The molecule has 2 heterocycles. The number of fused-ring (bicyclic) bond motifs is 1. The van der Waals surface area contributed by atoms with E-state index < -0.39 is 11.8 Å². The zero-order chi connectivity index (χ0) is 23.7. The molecule has 170 valence electrons. The van der Waals surface area contributed by atoms with Crippen LogP contribution in [0.15, 0.2) is 104 Å². The third-order valence-corrected chi connectivity index (χ3v) is 7.18. The van der Waals surface area contributed by atoms with Crippen molar-refractivity contribution in [3.63, 3.8) is 0 Å². The average Bonchev–Trinajstić information content (AvgIpc) is 3.47. The van der Waals surface area contributed by atoms with Crippen molar-refractivity contribution in [1.29, 1.82) is 0 Å². The van der Waals surface area contributed by atoms with Crippen LogP contribution >= 0.6 is 11.8 Å². The summed E-state index contributed by atoms with van der Waals surface area (Å²) >= 11 is 1.45. The van der Waals surface area contributed by atoms with Crippen molar-refractivity contribution in [3.05, 3.63) is 111 Å². The van der Waals surface area contributed by atoms with Crippen molar-refractivity contribution in [1.82, 2.24) is 0 Å². The number of amides is 1. The van der Waals surface area contributed by atoms with Crippen molar-refractivity contribution in [2.75, 3.05) is 12.4 Å². The Labute approximate surface area is 202 Å². The second-order valence-corrected chi connectivity index (χ2v) is 9.30. The van der Waals surface area contributed by atoms with Crippen LogP contribution in [0.5, 0.6) is 5.75 Å². The van der Waals surface area contributed by atoms with Crippen molar-refractivity contribution < 1.29 is 18.7 Å². The molecule has 1 aromatic heterocycles. The molecular formula is C28H23NO4S. The van der Waals surface area contributed by atoms with Gasteiger partial charge >= 0.3 is 0 Å². The highest BCUT2D eigenvalue weighted by Gasteiger charge is 2.46. The van der Waals surface area contributed by atoms with E-state index in [9.17, 15) is 9.59 Å². The van der Waals surface area contributed by atoms with Gasteiger partial charge in [-0.2, -0.15) is 0 Å². The highest BCUT2D eigenvalue weighted by atomic mass is 32.2. The van der Waals surface area contributed by atoms with Gasteiger partial charge in [-0.25, -0.2) is 0 Å². The summed E-state index contributed by atoms with van der Waals surface area (Å²) in [5.74, 6) is 0.143. The van der Waals surface area contributed by atoms with Crippen LogP contribution in [0.2, 0.25) is 0 Å². The summed E-state index contributed by atoms with van der Waals surface area (Å²) in [6, 6.07) is 20.6. The highest BCUT2D eigenvalue weighted by Crippen LogP contribution is 2.54. The van der Waals surface area contributed by atoms with Gasteiger partial charge in [0, 0.05) is 22.1 Å². The van der Waals surface area contributed by atoms with E-state index in [4.69, 9.17) is 9.15 Å². The normalized spacial score (nSPS) is 20.8. The number of carbonyl (C=O) groups is 2. The summed E-state index contributed by atoms with van der Waals surface area (Å²) < 4.78 is 10.9. The maximum absolute atomic E-state index is 13.7. The molecule has 1 aliphatic carbocycles. The third kappa shape index (κ3) is 4.13. The number of ketones is 1. The zero-order valence-electron chi connectivity index (χ0n) is 18.8. The molecule has 0 radical (unpaired) electrons. The van der Waals surface area contributed by atoms with Gasteiger partial charge in [-0.15, -0.1) is 0 Å². The summed E-state index contributed by atoms with van der Waals surface area (Å²) in [6.07, 6.45) is 5.32. The summed E-state index contributed by atoms with van der Waals surface area (Å²) in [5.41, 5.74) is 2.99. The predicted octanol–water partition coefficient (Wildman–Crippen LogP) is 6.20. The lowest BCUT2D eigenvalue weighted by atomic mass is 9.73. The Morgan fingerprint density at radius 3 is 2.62 bits per heavy atom. The van der Waals surface area contributed by atoms with E-state index in [2.05, 4.69) is 5.32 Å². The van der Waals surface area contributed by atoms with Gasteiger partial charge < -0.3 is 14.5 Å². The number of hydrogen-bond acceptors (Lipinski definition) is 5. The Morgan fingerprint density at radius 2 is 1.88 bits per heavy atom. The Morgan fingerprint density at radius 1 is 1.06 bits per heavy atom. The molecule has 3 aromatic rings. The number of carbonyl (C=O) groups excluding carboxylic acids is 2. The molecule has 0 bridgehead atoms. The maximum Gasteiger partial charge on any atom is 0.252 e. The van der Waals surface area contributed by atoms with Gasteiger partial charge in [0.1, 0.15) is 11.5 Å². The van der Waals surface area contributed by atoms with Crippen LogP contribution in [0.4, 0.5) is 5.69 Å². The van der Waals surface area contributed by atoms with E-state index in [0.29, 0.717) is 27.7 Å². The number of benzene rings is 2. The minimum Gasteiger partial charge on any atom is -0.497 e. The fourth-order valence-corrected chi connectivity index (χ4v) is 5.76. The van der Waals surface area contributed by atoms with E-state index in [1.54, 1.807) is 25.5 Å². The molecule has 34 heavy (non-hydrogen) atoms. The van der Waals surface area contributed by atoms with Gasteiger partial charge in [0.05, 0.1) is 24.2 Å². The van der Waals surface area contributed by atoms with E-state index >= 15 is 0 Å². The molecule has 1 amide bonds. The van der Waals surface area contributed by atoms with Crippen LogP contribution in [0.3, 0.4) is 0 Å². The molecule has 2 aromatic carbocycles. The number of rotatable bonds is 5. The van der Waals surface area contributed by atoms with Gasteiger partial charge in [-0.3, -0.25) is 9.59 Å². The highest BCUT2D eigenvalue weighted by molar-refractivity contribution is 8.08. The first-order valence-corrected chi connectivity index (χ1v) is 11.8. The van der Waals surface area contributed by atoms with Gasteiger partial charge in [0.15, 0.2) is 5.78 Å². The van der Waals surface area contributed by atoms with Crippen LogP contribution in [0, 0.1) is 5.92 Å².